The second kappa shape index (κ2) is 9.33. The molecule has 4 rings (SSSR count). The smallest absolute Gasteiger partial charge is 0.240 e. The molecular formula is C20H23N7O2. The number of hydrogen-bond acceptors (Lipinski definition) is 8. The number of hydrogen-bond donors (Lipinski definition) is 1. The molecule has 0 aromatic carbocycles. The number of nitrogens with one attached hydrogen (secondary N) is 1. The zero-order chi connectivity index (χ0) is 19.9. The number of rotatable bonds is 7. The third kappa shape index (κ3) is 5.41. The van der Waals surface area contributed by atoms with E-state index in [0.717, 1.165) is 38.2 Å². The van der Waals surface area contributed by atoms with Crippen LogP contribution in [-0.2, 0) is 17.8 Å². The van der Waals surface area contributed by atoms with E-state index in [1.165, 1.54) is 0 Å². The molecule has 1 fully saturated rings. The zero-order valence-electron chi connectivity index (χ0n) is 16.1. The van der Waals surface area contributed by atoms with Crippen molar-refractivity contribution in [3.63, 3.8) is 0 Å². The molecule has 0 radical (unpaired) electrons. The van der Waals surface area contributed by atoms with Gasteiger partial charge in [-0.15, -0.1) is 0 Å². The first-order valence-corrected chi connectivity index (χ1v) is 9.78. The number of carbonyl (C=O) groups excluding carboxylic acids is 1. The van der Waals surface area contributed by atoms with Gasteiger partial charge in [-0.3, -0.25) is 14.7 Å². The Morgan fingerprint density at radius 3 is 2.62 bits per heavy atom. The van der Waals surface area contributed by atoms with Crippen molar-refractivity contribution < 1.29 is 9.32 Å². The van der Waals surface area contributed by atoms with Gasteiger partial charge in [-0.2, -0.15) is 4.98 Å². The van der Waals surface area contributed by atoms with Gasteiger partial charge >= 0.3 is 0 Å². The van der Waals surface area contributed by atoms with Crippen molar-refractivity contribution in [3.8, 4) is 11.6 Å². The number of amides is 1. The minimum absolute atomic E-state index is 0.00360. The highest BCUT2D eigenvalue weighted by atomic mass is 16.5. The number of likely N-dealkylation sites (tertiary alicyclic amines) is 1. The van der Waals surface area contributed by atoms with Crippen LogP contribution >= 0.6 is 0 Å². The summed E-state index contributed by atoms with van der Waals surface area (Å²) in [4.78, 5) is 31.5. The maximum atomic E-state index is 12.3. The first kappa shape index (κ1) is 19.1. The maximum Gasteiger partial charge on any atom is 0.240 e. The molecule has 9 heteroatoms. The Balaban J connectivity index is 1.18. The third-order valence-electron chi connectivity index (χ3n) is 4.86. The van der Waals surface area contributed by atoms with E-state index < -0.39 is 0 Å². The Morgan fingerprint density at radius 2 is 1.86 bits per heavy atom. The van der Waals surface area contributed by atoms with Crippen molar-refractivity contribution in [3.05, 3.63) is 54.4 Å². The topological polar surface area (TPSA) is 110 Å². The summed E-state index contributed by atoms with van der Waals surface area (Å²) in [5.74, 6) is 1.15. The van der Waals surface area contributed by atoms with Crippen LogP contribution in [-0.4, -0.2) is 55.0 Å². The molecule has 0 atom stereocenters. The largest absolute Gasteiger partial charge is 0.353 e. The third-order valence-corrected chi connectivity index (χ3v) is 4.86. The van der Waals surface area contributed by atoms with Gasteiger partial charge < -0.3 is 9.84 Å². The van der Waals surface area contributed by atoms with Crippen molar-refractivity contribution in [2.24, 2.45) is 0 Å². The summed E-state index contributed by atoms with van der Waals surface area (Å²) in [5.41, 5.74) is 1.08. The Kier molecular flexibility index (Phi) is 6.16. The lowest BCUT2D eigenvalue weighted by Gasteiger charge is -2.32. The van der Waals surface area contributed by atoms with Crippen LogP contribution in [0.2, 0.25) is 0 Å². The number of aromatic nitrogens is 5. The SMILES string of the molecule is O=C(CCc1nc(-c2ncccn2)no1)NC1CCN(Cc2ccccn2)CC1. The number of aryl methyl sites for hydroxylation is 1. The summed E-state index contributed by atoms with van der Waals surface area (Å²) < 4.78 is 5.20. The first-order chi connectivity index (χ1) is 14.3. The van der Waals surface area contributed by atoms with E-state index in [1.54, 1.807) is 18.5 Å². The van der Waals surface area contributed by atoms with Crippen LogP contribution in [0.1, 0.15) is 30.8 Å². The molecule has 29 heavy (non-hydrogen) atoms. The molecule has 3 aromatic rings. The molecule has 0 saturated carbocycles. The highest BCUT2D eigenvalue weighted by molar-refractivity contribution is 5.76. The lowest BCUT2D eigenvalue weighted by molar-refractivity contribution is -0.122. The number of pyridine rings is 1. The standard InChI is InChI=1S/C20H23N7O2/c28-17(5-6-18-25-20(26-29-18)19-22-10-3-11-23-19)24-15-7-12-27(13-8-15)14-16-4-1-2-9-21-16/h1-4,9-11,15H,5-8,12-14H2,(H,24,28). The van der Waals surface area contributed by atoms with Gasteiger partial charge in [0.05, 0.1) is 5.69 Å². The van der Waals surface area contributed by atoms with Crippen molar-refractivity contribution in [2.75, 3.05) is 13.1 Å². The zero-order valence-corrected chi connectivity index (χ0v) is 16.1. The summed E-state index contributed by atoms with van der Waals surface area (Å²) in [7, 11) is 0. The van der Waals surface area contributed by atoms with Gasteiger partial charge in [-0.25, -0.2) is 9.97 Å². The molecule has 1 saturated heterocycles. The van der Waals surface area contributed by atoms with Crippen molar-refractivity contribution in [1.29, 1.82) is 0 Å². The molecule has 0 unspecified atom stereocenters. The molecule has 150 valence electrons. The van der Waals surface area contributed by atoms with Crippen LogP contribution in [0.4, 0.5) is 0 Å². The molecule has 4 heterocycles. The van der Waals surface area contributed by atoms with E-state index in [2.05, 4.69) is 35.3 Å². The van der Waals surface area contributed by atoms with E-state index in [-0.39, 0.29) is 11.9 Å². The first-order valence-electron chi connectivity index (χ1n) is 9.78. The molecular weight excluding hydrogens is 370 g/mol. The van der Waals surface area contributed by atoms with Crippen molar-refractivity contribution >= 4 is 5.91 Å². The Hall–Kier alpha value is -3.20. The predicted octanol–water partition coefficient (Wildman–Crippen LogP) is 1.63. The highest BCUT2D eigenvalue weighted by Crippen LogP contribution is 2.14. The Labute approximate surface area is 168 Å². The normalized spacial score (nSPS) is 15.3. The van der Waals surface area contributed by atoms with Crippen LogP contribution in [0.5, 0.6) is 0 Å². The molecule has 1 aliphatic heterocycles. The molecule has 0 spiro atoms. The molecule has 1 N–H and O–H groups in total. The van der Waals surface area contributed by atoms with E-state index in [4.69, 9.17) is 4.52 Å². The second-order valence-corrected chi connectivity index (χ2v) is 7.02. The second-order valence-electron chi connectivity index (χ2n) is 7.02. The van der Waals surface area contributed by atoms with E-state index in [9.17, 15) is 4.79 Å². The minimum atomic E-state index is 0.00360. The molecule has 1 amide bonds. The molecule has 9 nitrogen and oxygen atoms in total. The lowest BCUT2D eigenvalue weighted by atomic mass is 10.0. The van der Waals surface area contributed by atoms with E-state index in [0.29, 0.717) is 30.4 Å². The average molecular weight is 393 g/mol. The summed E-state index contributed by atoms with van der Waals surface area (Å²) in [6, 6.07) is 7.90. The fraction of sp³-hybridized carbons (Fsp3) is 0.400. The lowest BCUT2D eigenvalue weighted by Crippen LogP contribution is -2.44. The molecule has 3 aromatic heterocycles. The van der Waals surface area contributed by atoms with Gasteiger partial charge in [0, 0.05) is 57.1 Å². The summed E-state index contributed by atoms with van der Waals surface area (Å²) in [6.45, 7) is 2.75. The molecule has 0 aliphatic carbocycles. The quantitative estimate of drug-likeness (QED) is 0.645. The van der Waals surface area contributed by atoms with Gasteiger partial charge in [-0.1, -0.05) is 11.2 Å². The number of piperidine rings is 1. The Morgan fingerprint density at radius 1 is 1.07 bits per heavy atom. The van der Waals surface area contributed by atoms with Crippen LogP contribution in [0.15, 0.2) is 47.4 Å². The maximum absolute atomic E-state index is 12.3. The minimum Gasteiger partial charge on any atom is -0.353 e. The summed E-state index contributed by atoms with van der Waals surface area (Å²) in [6.07, 6.45) is 7.64. The van der Waals surface area contributed by atoms with Crippen LogP contribution in [0, 0.1) is 0 Å². The van der Waals surface area contributed by atoms with E-state index in [1.807, 2.05) is 24.4 Å². The van der Waals surface area contributed by atoms with Gasteiger partial charge in [0.2, 0.25) is 23.4 Å². The van der Waals surface area contributed by atoms with Crippen LogP contribution in [0.3, 0.4) is 0 Å². The number of carbonyl (C=O) groups is 1. The molecule has 0 bridgehead atoms. The Bertz CT molecular complexity index is 909. The summed E-state index contributed by atoms with van der Waals surface area (Å²) in [5, 5.41) is 6.99. The van der Waals surface area contributed by atoms with E-state index >= 15 is 0 Å². The van der Waals surface area contributed by atoms with Gasteiger partial charge in [0.1, 0.15) is 0 Å². The number of nitrogens with zero attached hydrogens (tertiary/aromatic N) is 6. The van der Waals surface area contributed by atoms with Crippen molar-refractivity contribution in [1.82, 2.24) is 35.3 Å². The van der Waals surface area contributed by atoms with Crippen molar-refractivity contribution in [2.45, 2.75) is 38.3 Å². The monoisotopic (exact) mass is 393 g/mol. The summed E-state index contributed by atoms with van der Waals surface area (Å²) >= 11 is 0. The fourth-order valence-corrected chi connectivity index (χ4v) is 3.34. The van der Waals surface area contributed by atoms with Crippen LogP contribution < -0.4 is 5.32 Å². The highest BCUT2D eigenvalue weighted by Gasteiger charge is 2.21. The fourth-order valence-electron chi connectivity index (χ4n) is 3.34. The van der Waals surface area contributed by atoms with Gasteiger partial charge in [0.25, 0.3) is 0 Å². The van der Waals surface area contributed by atoms with Gasteiger partial charge in [0.15, 0.2) is 0 Å². The van der Waals surface area contributed by atoms with Gasteiger partial charge in [-0.05, 0) is 31.0 Å². The molecule has 1 aliphatic rings. The predicted molar refractivity (Wildman–Crippen MR) is 104 cm³/mol. The van der Waals surface area contributed by atoms with Crippen LogP contribution in [0.25, 0.3) is 11.6 Å². The average Bonchev–Trinajstić information content (AvgIpc) is 3.24.